The predicted octanol–water partition coefficient (Wildman–Crippen LogP) is 2.16. The molecule has 6 nitrogen and oxygen atoms in total. The average Bonchev–Trinajstić information content (AvgIpc) is 2.38. The van der Waals surface area contributed by atoms with Gasteiger partial charge in [-0.1, -0.05) is 6.92 Å². The van der Waals surface area contributed by atoms with Crippen LogP contribution in [-0.2, 0) is 6.42 Å². The normalized spacial score (nSPS) is 10.4. The Labute approximate surface area is 108 Å². The van der Waals surface area contributed by atoms with Crippen LogP contribution in [-0.4, -0.2) is 23.4 Å². The zero-order valence-corrected chi connectivity index (χ0v) is 10.5. The molecule has 2 aromatic rings. The van der Waals surface area contributed by atoms with Crippen LogP contribution in [0.2, 0.25) is 0 Å². The fourth-order valence-electron chi connectivity index (χ4n) is 1.94. The van der Waals surface area contributed by atoms with Gasteiger partial charge >= 0.3 is 6.16 Å². The first-order valence-electron chi connectivity index (χ1n) is 5.70. The fraction of sp³-hybridized carbons (Fsp3) is 0.231. The van der Waals surface area contributed by atoms with Gasteiger partial charge in [0.15, 0.2) is 5.75 Å². The Kier molecular flexibility index (Phi) is 3.41. The van der Waals surface area contributed by atoms with Crippen molar-refractivity contribution >= 4 is 17.1 Å². The highest BCUT2D eigenvalue weighted by Gasteiger charge is 2.16. The van der Waals surface area contributed by atoms with Crippen molar-refractivity contribution in [3.05, 3.63) is 34.1 Å². The second-order valence-corrected chi connectivity index (χ2v) is 3.89. The molecule has 0 saturated heterocycles. The third-order valence-corrected chi connectivity index (χ3v) is 2.81. The molecule has 0 radical (unpaired) electrons. The summed E-state index contributed by atoms with van der Waals surface area (Å²) in [5.74, 6) is 0.615. The third kappa shape index (κ3) is 2.37. The molecule has 1 aromatic carbocycles. The minimum absolute atomic E-state index is 0.0626. The highest BCUT2D eigenvalue weighted by molar-refractivity contribution is 5.89. The zero-order chi connectivity index (χ0) is 14.0. The molecular weight excluding hydrogens is 250 g/mol. The molecule has 0 unspecified atom stereocenters. The summed E-state index contributed by atoms with van der Waals surface area (Å²) < 4.78 is 9.86. The number of hydrogen-bond acceptors (Lipinski definition) is 4. The standard InChI is InChI=1S/C13H13NO5/c1-3-8-11(19-13(16)17)9-6-7(18-2)4-5-10(9)14-12(8)15/h4-6H,3H2,1-2H3,(H,14,15)(H,16,17). The molecule has 19 heavy (non-hydrogen) atoms. The van der Waals surface area contributed by atoms with Gasteiger partial charge in [0.1, 0.15) is 5.75 Å². The Hall–Kier alpha value is -2.50. The largest absolute Gasteiger partial charge is 0.511 e. The lowest BCUT2D eigenvalue weighted by Gasteiger charge is -2.10. The maximum atomic E-state index is 11.9. The molecule has 100 valence electrons. The van der Waals surface area contributed by atoms with Gasteiger partial charge in [0.05, 0.1) is 18.2 Å². The van der Waals surface area contributed by atoms with E-state index in [1.165, 1.54) is 7.11 Å². The molecule has 0 atom stereocenters. The molecule has 0 aliphatic carbocycles. The van der Waals surface area contributed by atoms with Gasteiger partial charge in [-0.2, -0.15) is 0 Å². The molecule has 0 aliphatic rings. The van der Waals surface area contributed by atoms with Crippen molar-refractivity contribution in [2.45, 2.75) is 13.3 Å². The SMILES string of the molecule is CCc1c(OC(=O)O)c2cc(OC)ccc2[nH]c1=O. The van der Waals surface area contributed by atoms with E-state index in [2.05, 4.69) is 4.98 Å². The summed E-state index contributed by atoms with van der Waals surface area (Å²) >= 11 is 0. The van der Waals surface area contributed by atoms with Crippen LogP contribution in [0.15, 0.2) is 23.0 Å². The van der Waals surface area contributed by atoms with Gasteiger partial charge in [-0.25, -0.2) is 4.79 Å². The monoisotopic (exact) mass is 263 g/mol. The summed E-state index contributed by atoms with van der Waals surface area (Å²) in [6, 6.07) is 4.95. The fourth-order valence-corrected chi connectivity index (χ4v) is 1.94. The van der Waals surface area contributed by atoms with Crippen molar-refractivity contribution in [3.8, 4) is 11.5 Å². The van der Waals surface area contributed by atoms with Crippen molar-refractivity contribution in [1.29, 1.82) is 0 Å². The lowest BCUT2D eigenvalue weighted by molar-refractivity contribution is 0.144. The van der Waals surface area contributed by atoms with Gasteiger partial charge < -0.3 is 19.6 Å². The van der Waals surface area contributed by atoms with E-state index in [1.54, 1.807) is 25.1 Å². The maximum Gasteiger partial charge on any atom is 0.511 e. The van der Waals surface area contributed by atoms with E-state index in [4.69, 9.17) is 14.6 Å². The number of aromatic nitrogens is 1. The molecule has 0 spiro atoms. The van der Waals surface area contributed by atoms with E-state index in [0.717, 1.165) is 0 Å². The van der Waals surface area contributed by atoms with Crippen LogP contribution in [0.5, 0.6) is 11.5 Å². The first kappa shape index (κ1) is 12.9. The van der Waals surface area contributed by atoms with Gasteiger partial charge in [0.2, 0.25) is 0 Å². The smallest absolute Gasteiger partial charge is 0.497 e. The van der Waals surface area contributed by atoms with Crippen LogP contribution in [0.3, 0.4) is 0 Å². The molecule has 2 N–H and O–H groups in total. The second kappa shape index (κ2) is 5.01. The molecule has 0 bridgehead atoms. The van der Waals surface area contributed by atoms with E-state index >= 15 is 0 Å². The number of H-pyrrole nitrogens is 1. The van der Waals surface area contributed by atoms with Crippen molar-refractivity contribution < 1.29 is 19.4 Å². The number of benzene rings is 1. The number of rotatable bonds is 3. The molecular formula is C13H13NO5. The Morgan fingerprint density at radius 1 is 1.42 bits per heavy atom. The quantitative estimate of drug-likeness (QED) is 0.828. The summed E-state index contributed by atoms with van der Waals surface area (Å²) in [7, 11) is 1.51. The Morgan fingerprint density at radius 3 is 2.74 bits per heavy atom. The minimum Gasteiger partial charge on any atom is -0.497 e. The number of carboxylic acid groups (broad SMARTS) is 1. The number of pyridine rings is 1. The van der Waals surface area contributed by atoms with Gasteiger partial charge in [-0.15, -0.1) is 0 Å². The maximum absolute atomic E-state index is 11.9. The molecule has 2 rings (SSSR count). The predicted molar refractivity (Wildman–Crippen MR) is 69.2 cm³/mol. The molecule has 0 fully saturated rings. The van der Waals surface area contributed by atoms with E-state index in [9.17, 15) is 9.59 Å². The number of nitrogens with one attached hydrogen (secondary N) is 1. The number of fused-ring (bicyclic) bond motifs is 1. The lowest BCUT2D eigenvalue weighted by Crippen LogP contribution is -2.16. The molecule has 1 heterocycles. The number of carbonyl (C=O) groups is 1. The number of methoxy groups -OCH3 is 1. The first-order chi connectivity index (χ1) is 9.06. The van der Waals surface area contributed by atoms with E-state index in [0.29, 0.717) is 28.6 Å². The van der Waals surface area contributed by atoms with Crippen LogP contribution < -0.4 is 15.0 Å². The van der Waals surface area contributed by atoms with Gasteiger partial charge in [0.25, 0.3) is 5.56 Å². The molecule has 0 amide bonds. The Bertz CT molecular complexity index is 689. The summed E-state index contributed by atoms with van der Waals surface area (Å²) in [5.41, 5.74) is 0.443. The van der Waals surface area contributed by atoms with Crippen LogP contribution in [0.1, 0.15) is 12.5 Å². The second-order valence-electron chi connectivity index (χ2n) is 3.89. The third-order valence-electron chi connectivity index (χ3n) is 2.81. The van der Waals surface area contributed by atoms with Crippen LogP contribution in [0, 0.1) is 0 Å². The molecule has 6 heteroatoms. The molecule has 0 saturated carbocycles. The van der Waals surface area contributed by atoms with Gasteiger partial charge in [-0.05, 0) is 24.6 Å². The summed E-state index contributed by atoms with van der Waals surface area (Å²) in [5, 5.41) is 9.30. The van der Waals surface area contributed by atoms with Crippen molar-refractivity contribution in [2.24, 2.45) is 0 Å². The highest BCUT2D eigenvalue weighted by Crippen LogP contribution is 2.29. The average molecular weight is 263 g/mol. The van der Waals surface area contributed by atoms with Gasteiger partial charge in [-0.3, -0.25) is 4.79 Å². The minimum atomic E-state index is -1.45. The van der Waals surface area contributed by atoms with Crippen LogP contribution in [0.25, 0.3) is 10.9 Å². The molecule has 0 aliphatic heterocycles. The Morgan fingerprint density at radius 2 is 2.16 bits per heavy atom. The summed E-state index contributed by atoms with van der Waals surface area (Å²) in [4.78, 5) is 25.3. The highest BCUT2D eigenvalue weighted by atomic mass is 16.7. The Balaban J connectivity index is 2.82. The van der Waals surface area contributed by atoms with Crippen molar-refractivity contribution in [1.82, 2.24) is 4.98 Å². The van der Waals surface area contributed by atoms with E-state index in [-0.39, 0.29) is 11.3 Å². The van der Waals surface area contributed by atoms with E-state index < -0.39 is 6.16 Å². The number of aromatic amines is 1. The van der Waals surface area contributed by atoms with Crippen LogP contribution >= 0.6 is 0 Å². The van der Waals surface area contributed by atoms with Crippen molar-refractivity contribution in [2.75, 3.05) is 7.11 Å². The van der Waals surface area contributed by atoms with E-state index in [1.807, 2.05) is 0 Å². The van der Waals surface area contributed by atoms with Crippen molar-refractivity contribution in [3.63, 3.8) is 0 Å². The topological polar surface area (TPSA) is 88.6 Å². The summed E-state index contributed by atoms with van der Waals surface area (Å²) in [6.07, 6.45) is -1.09. The lowest BCUT2D eigenvalue weighted by atomic mass is 10.1. The zero-order valence-electron chi connectivity index (χ0n) is 10.5. The van der Waals surface area contributed by atoms with Crippen LogP contribution in [0.4, 0.5) is 4.79 Å². The number of ether oxygens (including phenoxy) is 2. The molecule has 1 aromatic heterocycles. The number of hydrogen-bond donors (Lipinski definition) is 2. The first-order valence-corrected chi connectivity index (χ1v) is 5.70. The summed E-state index contributed by atoms with van der Waals surface area (Å²) in [6.45, 7) is 1.76. The van der Waals surface area contributed by atoms with Gasteiger partial charge in [0, 0.05) is 5.39 Å².